The molecule has 0 unspecified atom stereocenters. The normalized spacial score (nSPS) is 11.6. The minimum atomic E-state index is -0.816. The number of non-ortho nitro benzene ring substituents is 1. The van der Waals surface area contributed by atoms with Crippen LogP contribution in [-0.2, 0) is 0 Å². The molecule has 0 aliphatic heterocycles. The molecule has 0 aromatic heterocycles. The monoisotopic (exact) mass is 345 g/mol. The average molecular weight is 345 g/mol. The first-order valence-corrected chi connectivity index (χ1v) is 7.82. The molecule has 0 radical (unpaired) electrons. The van der Waals surface area contributed by atoms with Gasteiger partial charge in [-0.05, 0) is 61.0 Å². The van der Waals surface area contributed by atoms with Crippen molar-refractivity contribution < 1.29 is 10.0 Å². The first-order chi connectivity index (χ1) is 11.4. The van der Waals surface area contributed by atoms with Gasteiger partial charge in [0.05, 0.1) is 11.0 Å². The predicted molar refractivity (Wildman–Crippen MR) is 98.2 cm³/mol. The zero-order valence-electron chi connectivity index (χ0n) is 13.4. The smallest absolute Gasteiger partial charge is 0.269 e. The number of nitro groups is 1. The number of rotatable bonds is 5. The maximum atomic E-state index is 10.6. The summed E-state index contributed by atoms with van der Waals surface area (Å²) in [6, 6.07) is 11.8. The summed E-state index contributed by atoms with van der Waals surface area (Å²) in [6.07, 6.45) is -0.816. The number of aryl methyl sites for hydroxylation is 2. The van der Waals surface area contributed by atoms with Gasteiger partial charge in [-0.2, -0.15) is 0 Å². The van der Waals surface area contributed by atoms with E-state index in [-0.39, 0.29) is 12.2 Å². The third-order valence-electron chi connectivity index (χ3n) is 3.59. The molecule has 126 valence electrons. The molecular formula is C17H19N3O3S. The van der Waals surface area contributed by atoms with E-state index in [1.54, 1.807) is 0 Å². The molecule has 7 heteroatoms. The lowest BCUT2D eigenvalue weighted by atomic mass is 10.1. The van der Waals surface area contributed by atoms with Gasteiger partial charge in [-0.25, -0.2) is 0 Å². The molecule has 0 aliphatic carbocycles. The fraction of sp³-hybridized carbons (Fsp3) is 0.235. The van der Waals surface area contributed by atoms with E-state index in [9.17, 15) is 15.2 Å². The first-order valence-electron chi connectivity index (χ1n) is 7.41. The number of nitro benzene ring substituents is 1. The Kier molecular flexibility index (Phi) is 5.83. The zero-order chi connectivity index (χ0) is 17.7. The topological polar surface area (TPSA) is 87.4 Å². The highest BCUT2D eigenvalue weighted by molar-refractivity contribution is 7.80. The van der Waals surface area contributed by atoms with Crippen LogP contribution in [0.15, 0.2) is 42.5 Å². The van der Waals surface area contributed by atoms with Crippen molar-refractivity contribution in [1.82, 2.24) is 5.32 Å². The molecule has 0 fully saturated rings. The van der Waals surface area contributed by atoms with Gasteiger partial charge in [0.25, 0.3) is 5.69 Å². The van der Waals surface area contributed by atoms with Crippen molar-refractivity contribution in [3.05, 3.63) is 69.3 Å². The van der Waals surface area contributed by atoms with Crippen LogP contribution in [0.1, 0.15) is 22.8 Å². The molecule has 0 heterocycles. The highest BCUT2D eigenvalue weighted by Crippen LogP contribution is 2.18. The summed E-state index contributed by atoms with van der Waals surface area (Å²) >= 11 is 5.24. The van der Waals surface area contributed by atoms with E-state index in [4.69, 9.17) is 12.2 Å². The Morgan fingerprint density at radius 2 is 1.92 bits per heavy atom. The molecular weight excluding hydrogens is 326 g/mol. The second-order valence-corrected chi connectivity index (χ2v) is 5.93. The van der Waals surface area contributed by atoms with Gasteiger partial charge in [-0.3, -0.25) is 10.1 Å². The Morgan fingerprint density at radius 1 is 1.25 bits per heavy atom. The molecule has 2 aromatic carbocycles. The maximum Gasteiger partial charge on any atom is 0.269 e. The molecule has 24 heavy (non-hydrogen) atoms. The lowest BCUT2D eigenvalue weighted by Crippen LogP contribution is -2.32. The van der Waals surface area contributed by atoms with Crippen LogP contribution in [0, 0.1) is 24.0 Å². The van der Waals surface area contributed by atoms with Crippen LogP contribution in [0.25, 0.3) is 0 Å². The number of thiocarbonyl (C=S) groups is 1. The van der Waals surface area contributed by atoms with E-state index < -0.39 is 11.0 Å². The van der Waals surface area contributed by atoms with Crippen molar-refractivity contribution in [2.75, 3.05) is 11.9 Å². The van der Waals surface area contributed by atoms with E-state index in [1.807, 2.05) is 32.0 Å². The van der Waals surface area contributed by atoms with Crippen molar-refractivity contribution in [2.24, 2.45) is 0 Å². The summed E-state index contributed by atoms with van der Waals surface area (Å²) in [5.74, 6) is 0. The number of benzene rings is 2. The Hall–Kier alpha value is -2.51. The molecule has 0 bridgehead atoms. The largest absolute Gasteiger partial charge is 0.387 e. The van der Waals surface area contributed by atoms with E-state index >= 15 is 0 Å². The summed E-state index contributed by atoms with van der Waals surface area (Å²) in [7, 11) is 0. The quantitative estimate of drug-likeness (QED) is 0.438. The van der Waals surface area contributed by atoms with E-state index in [0.29, 0.717) is 10.7 Å². The van der Waals surface area contributed by atoms with Crippen molar-refractivity contribution in [1.29, 1.82) is 0 Å². The van der Waals surface area contributed by atoms with Crippen LogP contribution >= 0.6 is 12.2 Å². The summed E-state index contributed by atoms with van der Waals surface area (Å²) < 4.78 is 0. The molecule has 2 aromatic rings. The first kappa shape index (κ1) is 17.8. The highest BCUT2D eigenvalue weighted by atomic mass is 32.1. The van der Waals surface area contributed by atoms with Crippen LogP contribution in [0.2, 0.25) is 0 Å². The van der Waals surface area contributed by atoms with Gasteiger partial charge in [-0.1, -0.05) is 12.1 Å². The van der Waals surface area contributed by atoms with E-state index in [1.165, 1.54) is 24.3 Å². The van der Waals surface area contributed by atoms with Crippen molar-refractivity contribution in [3.8, 4) is 0 Å². The molecule has 1 atom stereocenters. The Balaban J connectivity index is 1.91. The molecule has 2 rings (SSSR count). The van der Waals surface area contributed by atoms with E-state index in [0.717, 1.165) is 16.8 Å². The lowest BCUT2D eigenvalue weighted by molar-refractivity contribution is -0.384. The number of aliphatic hydroxyl groups excluding tert-OH is 1. The second-order valence-electron chi connectivity index (χ2n) is 5.52. The average Bonchev–Trinajstić information content (AvgIpc) is 2.56. The van der Waals surface area contributed by atoms with Crippen molar-refractivity contribution >= 4 is 28.7 Å². The molecule has 0 saturated carbocycles. The summed E-state index contributed by atoms with van der Waals surface area (Å²) in [5, 5.41) is 27.2. The fourth-order valence-electron chi connectivity index (χ4n) is 2.16. The van der Waals surface area contributed by atoms with Crippen LogP contribution in [0.5, 0.6) is 0 Å². The minimum Gasteiger partial charge on any atom is -0.387 e. The van der Waals surface area contributed by atoms with Crippen molar-refractivity contribution in [2.45, 2.75) is 20.0 Å². The van der Waals surface area contributed by atoms with Crippen LogP contribution in [0.3, 0.4) is 0 Å². The number of hydrogen-bond acceptors (Lipinski definition) is 4. The predicted octanol–water partition coefficient (Wildman–Crippen LogP) is 3.23. The molecule has 0 amide bonds. The molecule has 0 saturated heterocycles. The number of nitrogens with zero attached hydrogens (tertiary/aromatic N) is 1. The highest BCUT2D eigenvalue weighted by Gasteiger charge is 2.11. The molecule has 6 nitrogen and oxygen atoms in total. The molecule has 0 spiro atoms. The Bertz CT molecular complexity index is 747. The van der Waals surface area contributed by atoms with Crippen LogP contribution < -0.4 is 10.6 Å². The van der Waals surface area contributed by atoms with E-state index in [2.05, 4.69) is 10.6 Å². The summed E-state index contributed by atoms with van der Waals surface area (Å²) in [4.78, 5) is 10.2. The summed E-state index contributed by atoms with van der Waals surface area (Å²) in [5.41, 5.74) is 3.68. The van der Waals surface area contributed by atoms with Gasteiger partial charge in [0, 0.05) is 24.4 Å². The van der Waals surface area contributed by atoms with Crippen LogP contribution in [-0.4, -0.2) is 21.7 Å². The van der Waals surface area contributed by atoms with Crippen molar-refractivity contribution in [3.63, 3.8) is 0 Å². The maximum absolute atomic E-state index is 10.6. The van der Waals surface area contributed by atoms with Gasteiger partial charge < -0.3 is 15.7 Å². The lowest BCUT2D eigenvalue weighted by Gasteiger charge is -2.16. The Morgan fingerprint density at radius 3 is 2.54 bits per heavy atom. The standard InChI is InChI=1S/C17H19N3O3S/c1-11-3-4-12(2)15(9-11)19-17(24)18-10-16(21)13-5-7-14(8-6-13)20(22)23/h3-9,16,21H,10H2,1-2H3,(H2,18,19,24)/t16-/m1/s1. The third-order valence-corrected chi connectivity index (χ3v) is 3.83. The minimum absolute atomic E-state index is 0.00832. The number of aliphatic hydroxyl groups is 1. The second kappa shape index (κ2) is 7.85. The third kappa shape index (κ3) is 4.74. The van der Waals surface area contributed by atoms with Gasteiger partial charge >= 0.3 is 0 Å². The van der Waals surface area contributed by atoms with Gasteiger partial charge in [-0.15, -0.1) is 0 Å². The van der Waals surface area contributed by atoms with Gasteiger partial charge in [0.1, 0.15) is 0 Å². The number of hydrogen-bond donors (Lipinski definition) is 3. The number of nitrogens with one attached hydrogen (secondary N) is 2. The van der Waals surface area contributed by atoms with Crippen LogP contribution in [0.4, 0.5) is 11.4 Å². The Labute approximate surface area is 145 Å². The molecule has 3 N–H and O–H groups in total. The fourth-order valence-corrected chi connectivity index (χ4v) is 2.36. The van der Waals surface area contributed by atoms with Gasteiger partial charge in [0.2, 0.25) is 0 Å². The number of anilines is 1. The summed E-state index contributed by atoms with van der Waals surface area (Å²) in [6.45, 7) is 4.18. The zero-order valence-corrected chi connectivity index (χ0v) is 14.3. The SMILES string of the molecule is Cc1ccc(C)c(NC(=S)NC[C@@H](O)c2ccc([N+](=O)[O-])cc2)c1. The van der Waals surface area contributed by atoms with Gasteiger partial charge in [0.15, 0.2) is 5.11 Å². The molecule has 0 aliphatic rings.